The molecule has 18 heavy (non-hydrogen) atoms. The fourth-order valence-corrected chi connectivity index (χ4v) is 2.25. The van der Waals surface area contributed by atoms with Crippen LogP contribution in [0.3, 0.4) is 0 Å². The van der Waals surface area contributed by atoms with Gasteiger partial charge in [-0.25, -0.2) is 0 Å². The summed E-state index contributed by atoms with van der Waals surface area (Å²) in [5.41, 5.74) is 0. The molecule has 0 unspecified atom stereocenters. The van der Waals surface area contributed by atoms with Gasteiger partial charge in [-0.3, -0.25) is 0 Å². The maximum Gasteiger partial charge on any atom is -0.000666 e. The number of unbranched alkanes of at least 4 members (excludes halogenated alkanes) is 1. The van der Waals surface area contributed by atoms with Crippen LogP contribution >= 0.6 is 0 Å². The van der Waals surface area contributed by atoms with E-state index < -0.39 is 0 Å². The highest BCUT2D eigenvalue weighted by Gasteiger charge is 2.03. The molecule has 0 atom stereocenters. The molecule has 0 saturated heterocycles. The second-order valence-corrected chi connectivity index (χ2v) is 4.88. The lowest BCUT2D eigenvalue weighted by molar-refractivity contribution is 0.240. The third-order valence-electron chi connectivity index (χ3n) is 3.62. The van der Waals surface area contributed by atoms with E-state index in [9.17, 15) is 0 Å². The number of hydrogen-bond donors (Lipinski definition) is 1. The van der Waals surface area contributed by atoms with E-state index in [2.05, 4.69) is 42.8 Å². The molecule has 0 saturated carbocycles. The van der Waals surface area contributed by atoms with Crippen molar-refractivity contribution in [1.82, 2.24) is 15.1 Å². The predicted octanol–water partition coefficient (Wildman–Crippen LogP) is 2.43. The largest absolute Gasteiger partial charge is 0.317 e. The molecule has 0 aliphatic heterocycles. The van der Waals surface area contributed by atoms with Crippen LogP contribution in [-0.4, -0.2) is 62.2 Å². The topological polar surface area (TPSA) is 18.5 Å². The highest BCUT2D eigenvalue weighted by atomic mass is 15.1. The maximum absolute atomic E-state index is 3.39. The highest BCUT2D eigenvalue weighted by molar-refractivity contribution is 4.60. The Morgan fingerprint density at radius 1 is 0.667 bits per heavy atom. The Labute approximate surface area is 115 Å². The average Bonchev–Trinajstić information content (AvgIpc) is 2.41. The Balaban J connectivity index is 3.51. The van der Waals surface area contributed by atoms with E-state index in [1.807, 2.05) is 0 Å². The quantitative estimate of drug-likeness (QED) is 0.511. The smallest absolute Gasteiger partial charge is 0.000666 e. The Morgan fingerprint density at radius 3 is 1.78 bits per heavy atom. The SMILES string of the molecule is CCNCCCCN(CC)CCCN(CC)CC. The summed E-state index contributed by atoms with van der Waals surface area (Å²) in [6.07, 6.45) is 3.94. The predicted molar refractivity (Wildman–Crippen MR) is 82.3 cm³/mol. The fourth-order valence-electron chi connectivity index (χ4n) is 2.25. The summed E-state index contributed by atoms with van der Waals surface area (Å²) in [6.45, 7) is 18.6. The molecule has 1 N–H and O–H groups in total. The summed E-state index contributed by atoms with van der Waals surface area (Å²) in [5.74, 6) is 0. The van der Waals surface area contributed by atoms with Crippen molar-refractivity contribution in [3.63, 3.8) is 0 Å². The zero-order chi connectivity index (χ0) is 13.6. The minimum Gasteiger partial charge on any atom is -0.317 e. The average molecular weight is 257 g/mol. The van der Waals surface area contributed by atoms with Gasteiger partial charge in [0.1, 0.15) is 0 Å². The fraction of sp³-hybridized carbons (Fsp3) is 1.00. The van der Waals surface area contributed by atoms with Crippen LogP contribution in [0.1, 0.15) is 47.0 Å². The molecule has 0 aliphatic carbocycles. The normalized spacial score (nSPS) is 11.7. The standard InChI is InChI=1S/C15H35N3/c1-5-16-12-9-10-13-18(8-4)15-11-14-17(6-2)7-3/h16H,5-15H2,1-4H3. The number of nitrogens with one attached hydrogen (secondary N) is 1. The molecule has 0 bridgehead atoms. The Kier molecular flexibility index (Phi) is 13.2. The molecule has 0 heterocycles. The first kappa shape index (κ1) is 17.9. The first-order valence-corrected chi connectivity index (χ1v) is 7.93. The van der Waals surface area contributed by atoms with Crippen molar-refractivity contribution in [2.24, 2.45) is 0 Å². The van der Waals surface area contributed by atoms with Crippen LogP contribution in [0.2, 0.25) is 0 Å². The van der Waals surface area contributed by atoms with Crippen molar-refractivity contribution >= 4 is 0 Å². The van der Waals surface area contributed by atoms with Crippen LogP contribution in [-0.2, 0) is 0 Å². The van der Waals surface area contributed by atoms with Crippen molar-refractivity contribution in [1.29, 1.82) is 0 Å². The summed E-state index contributed by atoms with van der Waals surface area (Å²) in [6, 6.07) is 0. The van der Waals surface area contributed by atoms with Gasteiger partial charge in [0.2, 0.25) is 0 Å². The van der Waals surface area contributed by atoms with Gasteiger partial charge in [0.25, 0.3) is 0 Å². The number of rotatable bonds is 13. The van der Waals surface area contributed by atoms with E-state index in [0.717, 1.165) is 6.54 Å². The Bertz CT molecular complexity index is 158. The molecule has 3 heteroatoms. The lowest BCUT2D eigenvalue weighted by Gasteiger charge is -2.23. The summed E-state index contributed by atoms with van der Waals surface area (Å²) >= 11 is 0. The molecule has 0 aromatic rings. The van der Waals surface area contributed by atoms with Gasteiger partial charge >= 0.3 is 0 Å². The van der Waals surface area contributed by atoms with Crippen molar-refractivity contribution in [2.45, 2.75) is 47.0 Å². The third kappa shape index (κ3) is 9.86. The number of hydrogen-bond acceptors (Lipinski definition) is 3. The van der Waals surface area contributed by atoms with E-state index in [0.29, 0.717) is 0 Å². The zero-order valence-corrected chi connectivity index (χ0v) is 13.2. The lowest BCUT2D eigenvalue weighted by atomic mass is 10.2. The monoisotopic (exact) mass is 257 g/mol. The van der Waals surface area contributed by atoms with Crippen LogP contribution in [0.25, 0.3) is 0 Å². The van der Waals surface area contributed by atoms with Gasteiger partial charge in [0.15, 0.2) is 0 Å². The van der Waals surface area contributed by atoms with Gasteiger partial charge in [-0.2, -0.15) is 0 Å². The van der Waals surface area contributed by atoms with Gasteiger partial charge in [-0.1, -0.05) is 27.7 Å². The molecule has 0 spiro atoms. The summed E-state index contributed by atoms with van der Waals surface area (Å²) < 4.78 is 0. The van der Waals surface area contributed by atoms with Gasteiger partial charge in [0.05, 0.1) is 0 Å². The van der Waals surface area contributed by atoms with Crippen molar-refractivity contribution < 1.29 is 0 Å². The van der Waals surface area contributed by atoms with Crippen LogP contribution in [0.15, 0.2) is 0 Å². The van der Waals surface area contributed by atoms with Crippen molar-refractivity contribution in [3.8, 4) is 0 Å². The van der Waals surface area contributed by atoms with E-state index in [4.69, 9.17) is 0 Å². The van der Waals surface area contributed by atoms with Gasteiger partial charge < -0.3 is 15.1 Å². The first-order chi connectivity index (χ1) is 8.78. The molecular weight excluding hydrogens is 222 g/mol. The van der Waals surface area contributed by atoms with Crippen molar-refractivity contribution in [2.75, 3.05) is 52.4 Å². The van der Waals surface area contributed by atoms with Crippen LogP contribution in [0.5, 0.6) is 0 Å². The van der Waals surface area contributed by atoms with Gasteiger partial charge in [-0.05, 0) is 71.6 Å². The molecule has 0 aromatic heterocycles. The molecule has 0 aromatic carbocycles. The second-order valence-electron chi connectivity index (χ2n) is 4.88. The van der Waals surface area contributed by atoms with Crippen LogP contribution in [0.4, 0.5) is 0 Å². The molecule has 3 nitrogen and oxygen atoms in total. The highest BCUT2D eigenvalue weighted by Crippen LogP contribution is 1.98. The van der Waals surface area contributed by atoms with Crippen molar-refractivity contribution in [3.05, 3.63) is 0 Å². The molecule has 0 rings (SSSR count). The molecule has 110 valence electrons. The molecule has 0 amide bonds. The van der Waals surface area contributed by atoms with E-state index in [1.54, 1.807) is 0 Å². The third-order valence-corrected chi connectivity index (χ3v) is 3.62. The Hall–Kier alpha value is -0.120. The minimum absolute atomic E-state index is 1.10. The second kappa shape index (κ2) is 13.3. The van der Waals surface area contributed by atoms with Crippen LogP contribution in [0, 0.1) is 0 Å². The molecule has 0 radical (unpaired) electrons. The zero-order valence-electron chi connectivity index (χ0n) is 13.2. The lowest BCUT2D eigenvalue weighted by Crippen LogP contribution is -2.31. The minimum atomic E-state index is 1.10. The van der Waals surface area contributed by atoms with E-state index in [1.165, 1.54) is 65.1 Å². The van der Waals surface area contributed by atoms with Gasteiger partial charge in [0, 0.05) is 0 Å². The Morgan fingerprint density at radius 2 is 1.22 bits per heavy atom. The van der Waals surface area contributed by atoms with Crippen LogP contribution < -0.4 is 5.32 Å². The maximum atomic E-state index is 3.39. The molecule has 0 aliphatic rings. The van der Waals surface area contributed by atoms with E-state index in [-0.39, 0.29) is 0 Å². The summed E-state index contributed by atoms with van der Waals surface area (Å²) in [7, 11) is 0. The molecular formula is C15H35N3. The van der Waals surface area contributed by atoms with Gasteiger partial charge in [-0.15, -0.1) is 0 Å². The summed E-state index contributed by atoms with van der Waals surface area (Å²) in [5, 5.41) is 3.39. The first-order valence-electron chi connectivity index (χ1n) is 7.93. The van der Waals surface area contributed by atoms with E-state index >= 15 is 0 Å². The summed E-state index contributed by atoms with van der Waals surface area (Å²) in [4.78, 5) is 5.11. The molecule has 0 fully saturated rings. The number of nitrogens with zero attached hydrogens (tertiary/aromatic N) is 2.